The van der Waals surface area contributed by atoms with Gasteiger partial charge in [-0.05, 0) is 34.3 Å². The summed E-state index contributed by atoms with van der Waals surface area (Å²) in [5.74, 6) is -0.195. The van der Waals surface area contributed by atoms with Gasteiger partial charge in [0, 0.05) is 5.39 Å². The normalized spacial score (nSPS) is 12.8. The summed E-state index contributed by atoms with van der Waals surface area (Å²) in [6, 6.07) is 1.59. The molecule has 0 saturated carbocycles. The van der Waals surface area contributed by atoms with E-state index in [1.165, 1.54) is 16.0 Å². The summed E-state index contributed by atoms with van der Waals surface area (Å²) >= 11 is 4.75. The van der Waals surface area contributed by atoms with Crippen LogP contribution in [0.1, 0.15) is 38.8 Å². The maximum atomic E-state index is 12.5. The van der Waals surface area contributed by atoms with Gasteiger partial charge in [-0.3, -0.25) is 9.59 Å². The van der Waals surface area contributed by atoms with Crippen LogP contribution in [0.25, 0.3) is 10.1 Å². The molecule has 8 heteroatoms. The average Bonchev–Trinajstić information content (AvgIpc) is 2.89. The molecular formula is C15H20BrN3O3S. The number of nitrogens with zero attached hydrogens (tertiary/aromatic N) is 2. The predicted octanol–water partition coefficient (Wildman–Crippen LogP) is 2.23. The monoisotopic (exact) mass is 401 g/mol. The first-order chi connectivity index (χ1) is 10.9. The number of aromatic nitrogens is 2. The van der Waals surface area contributed by atoms with Gasteiger partial charge in [0.25, 0.3) is 5.56 Å². The first kappa shape index (κ1) is 18.1. The van der Waals surface area contributed by atoms with E-state index >= 15 is 0 Å². The molecule has 6 nitrogen and oxygen atoms in total. The van der Waals surface area contributed by atoms with Gasteiger partial charge in [0.2, 0.25) is 5.91 Å². The summed E-state index contributed by atoms with van der Waals surface area (Å²) in [6.45, 7) is 5.60. The van der Waals surface area contributed by atoms with E-state index in [-0.39, 0.29) is 36.6 Å². The number of halogens is 1. The highest BCUT2D eigenvalue weighted by atomic mass is 79.9. The van der Waals surface area contributed by atoms with Crippen molar-refractivity contribution in [1.82, 2.24) is 15.1 Å². The quantitative estimate of drug-likeness (QED) is 0.776. The first-order valence-electron chi connectivity index (χ1n) is 7.47. The van der Waals surface area contributed by atoms with Gasteiger partial charge in [-0.1, -0.05) is 20.8 Å². The summed E-state index contributed by atoms with van der Waals surface area (Å²) in [6.07, 6.45) is 0.624. The van der Waals surface area contributed by atoms with E-state index in [9.17, 15) is 9.59 Å². The lowest BCUT2D eigenvalue weighted by atomic mass is 10.1. The molecule has 2 rings (SSSR count). The van der Waals surface area contributed by atoms with Crippen molar-refractivity contribution in [3.05, 3.63) is 25.9 Å². The summed E-state index contributed by atoms with van der Waals surface area (Å²) in [4.78, 5) is 24.6. The molecule has 0 radical (unpaired) electrons. The summed E-state index contributed by atoms with van der Waals surface area (Å²) in [5, 5.41) is 17.1. The molecule has 0 aliphatic carbocycles. The van der Waals surface area contributed by atoms with Crippen molar-refractivity contribution in [2.24, 2.45) is 0 Å². The zero-order valence-electron chi connectivity index (χ0n) is 13.3. The van der Waals surface area contributed by atoms with Crippen LogP contribution in [-0.2, 0) is 11.3 Å². The molecule has 0 aromatic carbocycles. The number of carbonyl (C=O) groups excluding carboxylic acids is 1. The molecule has 2 aromatic rings. The van der Waals surface area contributed by atoms with Crippen molar-refractivity contribution < 1.29 is 9.90 Å². The van der Waals surface area contributed by atoms with Crippen LogP contribution in [0, 0.1) is 0 Å². The van der Waals surface area contributed by atoms with Crippen LogP contribution in [0.4, 0.5) is 0 Å². The van der Waals surface area contributed by atoms with Crippen LogP contribution in [0.5, 0.6) is 0 Å². The Labute approximate surface area is 146 Å². The maximum absolute atomic E-state index is 12.5. The number of hydrogen-bond acceptors (Lipinski definition) is 5. The van der Waals surface area contributed by atoms with E-state index in [1.807, 2.05) is 26.8 Å². The number of aliphatic hydroxyl groups is 1. The highest BCUT2D eigenvalue weighted by Crippen LogP contribution is 2.31. The Bertz CT molecular complexity index is 765. The van der Waals surface area contributed by atoms with E-state index in [0.717, 1.165) is 14.9 Å². The third-order valence-electron chi connectivity index (χ3n) is 3.55. The summed E-state index contributed by atoms with van der Waals surface area (Å²) < 4.78 is 2.67. The van der Waals surface area contributed by atoms with Gasteiger partial charge in [-0.25, -0.2) is 4.68 Å². The van der Waals surface area contributed by atoms with Crippen molar-refractivity contribution in [3.8, 4) is 0 Å². The molecule has 1 amide bonds. The third-order valence-corrected chi connectivity index (χ3v) is 5.18. The Morgan fingerprint density at radius 1 is 1.52 bits per heavy atom. The molecule has 0 aliphatic heterocycles. The Morgan fingerprint density at radius 3 is 2.78 bits per heavy atom. The molecule has 23 heavy (non-hydrogen) atoms. The molecule has 2 N–H and O–H groups in total. The van der Waals surface area contributed by atoms with Gasteiger partial charge in [0.15, 0.2) is 0 Å². The largest absolute Gasteiger partial charge is 0.394 e. The van der Waals surface area contributed by atoms with Crippen molar-refractivity contribution in [2.75, 3.05) is 6.61 Å². The number of hydrogen-bond donors (Lipinski definition) is 2. The lowest BCUT2D eigenvalue weighted by Crippen LogP contribution is -2.41. The van der Waals surface area contributed by atoms with Crippen molar-refractivity contribution in [2.45, 2.75) is 45.7 Å². The van der Waals surface area contributed by atoms with Crippen molar-refractivity contribution in [1.29, 1.82) is 0 Å². The fraction of sp³-hybridized carbons (Fsp3) is 0.533. The number of fused-ring (bicyclic) bond motifs is 1. The van der Waals surface area contributed by atoms with Gasteiger partial charge >= 0.3 is 0 Å². The molecule has 2 heterocycles. The van der Waals surface area contributed by atoms with Crippen LogP contribution in [0.3, 0.4) is 0 Å². The molecule has 1 atom stereocenters. The minimum Gasteiger partial charge on any atom is -0.394 e. The lowest BCUT2D eigenvalue weighted by Gasteiger charge is -2.15. The van der Waals surface area contributed by atoms with Crippen molar-refractivity contribution >= 4 is 43.3 Å². The van der Waals surface area contributed by atoms with E-state index < -0.39 is 0 Å². The van der Waals surface area contributed by atoms with Crippen LogP contribution >= 0.6 is 27.3 Å². The molecule has 0 saturated heterocycles. The fourth-order valence-electron chi connectivity index (χ4n) is 2.28. The summed E-state index contributed by atoms with van der Waals surface area (Å²) in [5.41, 5.74) is 0.524. The number of rotatable bonds is 6. The molecule has 0 spiro atoms. The Hall–Kier alpha value is -1.25. The second-order valence-corrected chi connectivity index (χ2v) is 8.08. The van der Waals surface area contributed by atoms with Crippen LogP contribution in [0.15, 0.2) is 14.6 Å². The van der Waals surface area contributed by atoms with E-state index in [1.54, 1.807) is 0 Å². The SMILES string of the molecule is CCC(CO)NC(=O)Cn1nc(C(C)C)c2cc(Br)sc2c1=O. The second-order valence-electron chi connectivity index (χ2n) is 5.65. The van der Waals surface area contributed by atoms with Gasteiger partial charge in [0.05, 0.1) is 22.1 Å². The molecule has 1 unspecified atom stereocenters. The smallest absolute Gasteiger partial charge is 0.285 e. The molecular weight excluding hydrogens is 382 g/mol. The number of aliphatic hydroxyl groups excluding tert-OH is 1. The number of carbonyl (C=O) groups is 1. The third kappa shape index (κ3) is 3.99. The standard InChI is InChI=1S/C15H20BrN3O3S/c1-4-9(7-20)17-12(21)6-19-15(22)14-10(5-11(16)23-14)13(18-19)8(2)3/h5,8-9,20H,4,6-7H2,1-3H3,(H,17,21). The second kappa shape index (κ2) is 7.55. The topological polar surface area (TPSA) is 84.2 Å². The molecule has 0 aliphatic rings. The Kier molecular flexibility index (Phi) is 5.94. The fourth-order valence-corrected chi connectivity index (χ4v) is 3.83. The van der Waals surface area contributed by atoms with Crippen LogP contribution in [-0.4, -0.2) is 33.4 Å². The van der Waals surface area contributed by atoms with E-state index in [2.05, 4.69) is 26.3 Å². The molecule has 0 fully saturated rings. The van der Waals surface area contributed by atoms with Crippen LogP contribution < -0.4 is 10.9 Å². The van der Waals surface area contributed by atoms with Gasteiger partial charge < -0.3 is 10.4 Å². The zero-order chi connectivity index (χ0) is 17.1. The molecule has 2 aromatic heterocycles. The van der Waals surface area contributed by atoms with Gasteiger partial charge in [0.1, 0.15) is 11.2 Å². The highest BCUT2D eigenvalue weighted by Gasteiger charge is 2.18. The number of nitrogens with one attached hydrogen (secondary N) is 1. The van der Waals surface area contributed by atoms with E-state index in [0.29, 0.717) is 11.1 Å². The predicted molar refractivity (Wildman–Crippen MR) is 95.0 cm³/mol. The van der Waals surface area contributed by atoms with Gasteiger partial charge in [-0.2, -0.15) is 5.10 Å². The molecule has 126 valence electrons. The highest BCUT2D eigenvalue weighted by molar-refractivity contribution is 9.11. The van der Waals surface area contributed by atoms with Crippen LogP contribution in [0.2, 0.25) is 0 Å². The van der Waals surface area contributed by atoms with Gasteiger partial charge in [-0.15, -0.1) is 11.3 Å². The first-order valence-corrected chi connectivity index (χ1v) is 9.08. The average molecular weight is 402 g/mol. The van der Waals surface area contributed by atoms with E-state index in [4.69, 9.17) is 5.11 Å². The Balaban J connectivity index is 2.39. The zero-order valence-corrected chi connectivity index (χ0v) is 15.7. The lowest BCUT2D eigenvalue weighted by molar-refractivity contribution is -0.123. The summed E-state index contributed by atoms with van der Waals surface area (Å²) in [7, 11) is 0. The minimum absolute atomic E-state index is 0.126. The Morgan fingerprint density at radius 2 is 2.22 bits per heavy atom. The number of thiophene rings is 1. The number of amides is 1. The molecule has 0 bridgehead atoms. The maximum Gasteiger partial charge on any atom is 0.285 e. The van der Waals surface area contributed by atoms with Crippen molar-refractivity contribution in [3.63, 3.8) is 0 Å². The minimum atomic E-state index is -0.329.